The van der Waals surface area contributed by atoms with Crippen LogP contribution in [0.5, 0.6) is 0 Å². The van der Waals surface area contributed by atoms with Crippen LogP contribution in [0, 0.1) is 12.8 Å². The zero-order valence-corrected chi connectivity index (χ0v) is 17.7. The molecule has 158 valence electrons. The molecule has 1 aromatic carbocycles. The number of carbonyl (C=O) groups excluding carboxylic acids is 1. The molecule has 0 radical (unpaired) electrons. The van der Waals surface area contributed by atoms with E-state index in [1.807, 2.05) is 6.92 Å². The minimum atomic E-state index is -3.57. The highest BCUT2D eigenvalue weighted by atomic mass is 32.2. The van der Waals surface area contributed by atoms with E-state index in [2.05, 4.69) is 22.4 Å². The predicted molar refractivity (Wildman–Crippen MR) is 106 cm³/mol. The lowest BCUT2D eigenvalue weighted by Gasteiger charge is -2.33. The standard InChI is InChI=1S/C19H28N6O3S/c1-3-4-17(24-11-9-15(10-12-24)18(20)26)19-21-22-23-25(19)13-29(27,28)16-7-5-14(2)6-8-16/h5-8,15,17H,3-4,9-13H2,1-2H3,(H2,20,26)/p+1/t17-/m0/s1. The van der Waals surface area contributed by atoms with Gasteiger partial charge in [0.1, 0.15) is 6.04 Å². The first-order chi connectivity index (χ1) is 13.8. The van der Waals surface area contributed by atoms with E-state index in [1.165, 1.54) is 9.58 Å². The Balaban J connectivity index is 1.81. The van der Waals surface area contributed by atoms with Crippen LogP contribution in [-0.4, -0.2) is 47.6 Å². The van der Waals surface area contributed by atoms with Crippen molar-refractivity contribution in [1.82, 2.24) is 20.2 Å². The SMILES string of the molecule is CCC[C@@H](c1nnnn1CS(=O)(=O)c1ccc(C)cc1)[NH+]1CCC(C(N)=O)CC1. The minimum Gasteiger partial charge on any atom is -0.369 e. The first kappa shape index (κ1) is 21.4. The molecule has 29 heavy (non-hydrogen) atoms. The summed E-state index contributed by atoms with van der Waals surface area (Å²) in [6, 6.07) is 6.76. The van der Waals surface area contributed by atoms with E-state index < -0.39 is 9.84 Å². The number of nitrogens with one attached hydrogen (secondary N) is 1. The number of hydrogen-bond donors (Lipinski definition) is 2. The second-order valence-corrected chi connectivity index (χ2v) is 9.73. The number of rotatable bonds is 8. The van der Waals surface area contributed by atoms with Gasteiger partial charge in [-0.2, -0.15) is 0 Å². The first-order valence-corrected chi connectivity index (χ1v) is 11.7. The van der Waals surface area contributed by atoms with Crippen molar-refractivity contribution in [3.63, 3.8) is 0 Å². The third-order valence-electron chi connectivity index (χ3n) is 5.64. The van der Waals surface area contributed by atoms with E-state index in [4.69, 9.17) is 5.73 Å². The highest BCUT2D eigenvalue weighted by Gasteiger charge is 2.35. The fourth-order valence-corrected chi connectivity index (χ4v) is 5.17. The zero-order valence-electron chi connectivity index (χ0n) is 16.9. The molecule has 1 aliphatic rings. The first-order valence-electron chi connectivity index (χ1n) is 10.0. The molecule has 9 nitrogen and oxygen atoms in total. The maximum absolute atomic E-state index is 12.9. The molecule has 0 saturated carbocycles. The molecule has 0 bridgehead atoms. The Hall–Kier alpha value is -2.33. The summed E-state index contributed by atoms with van der Waals surface area (Å²) in [6.45, 7) is 5.57. The Labute approximate surface area is 171 Å². The molecule has 3 rings (SSSR count). The van der Waals surface area contributed by atoms with Crippen molar-refractivity contribution < 1.29 is 18.1 Å². The number of hydrogen-bond acceptors (Lipinski definition) is 6. The van der Waals surface area contributed by atoms with E-state index in [9.17, 15) is 13.2 Å². The number of quaternary nitrogens is 1. The van der Waals surface area contributed by atoms with Gasteiger partial charge in [-0.1, -0.05) is 31.0 Å². The van der Waals surface area contributed by atoms with Crippen LogP contribution < -0.4 is 10.6 Å². The van der Waals surface area contributed by atoms with Gasteiger partial charge >= 0.3 is 0 Å². The van der Waals surface area contributed by atoms with Crippen LogP contribution >= 0.6 is 0 Å². The monoisotopic (exact) mass is 421 g/mol. The molecule has 1 amide bonds. The van der Waals surface area contributed by atoms with Gasteiger partial charge in [0.15, 0.2) is 15.7 Å². The summed E-state index contributed by atoms with van der Waals surface area (Å²) >= 11 is 0. The molecule has 2 heterocycles. The summed E-state index contributed by atoms with van der Waals surface area (Å²) in [4.78, 5) is 13.0. The van der Waals surface area contributed by atoms with Crippen molar-refractivity contribution in [3.05, 3.63) is 35.7 Å². The van der Waals surface area contributed by atoms with Crippen molar-refractivity contribution in [2.75, 3.05) is 13.1 Å². The Morgan fingerprint density at radius 3 is 2.52 bits per heavy atom. The predicted octanol–water partition coefficient (Wildman–Crippen LogP) is 0.0343. The van der Waals surface area contributed by atoms with Gasteiger partial charge < -0.3 is 10.6 Å². The third kappa shape index (κ3) is 4.99. The Morgan fingerprint density at radius 2 is 1.93 bits per heavy atom. The van der Waals surface area contributed by atoms with Gasteiger partial charge in [0.05, 0.1) is 18.0 Å². The maximum Gasteiger partial charge on any atom is 0.220 e. The van der Waals surface area contributed by atoms with Gasteiger partial charge in [0.2, 0.25) is 11.7 Å². The van der Waals surface area contributed by atoms with Crippen molar-refractivity contribution in [3.8, 4) is 0 Å². The molecular weight excluding hydrogens is 392 g/mol. The number of nitrogens with two attached hydrogens (primary N) is 1. The van der Waals surface area contributed by atoms with E-state index in [0.29, 0.717) is 5.82 Å². The van der Waals surface area contributed by atoms with Crippen LogP contribution in [0.1, 0.15) is 50.0 Å². The average molecular weight is 422 g/mol. The summed E-state index contributed by atoms with van der Waals surface area (Å²) < 4.78 is 27.1. The summed E-state index contributed by atoms with van der Waals surface area (Å²) in [5.74, 6) is -0.0467. The van der Waals surface area contributed by atoms with E-state index in [1.54, 1.807) is 24.3 Å². The van der Waals surface area contributed by atoms with E-state index >= 15 is 0 Å². The van der Waals surface area contributed by atoms with Gasteiger partial charge in [0.25, 0.3) is 0 Å². The van der Waals surface area contributed by atoms with E-state index in [0.717, 1.165) is 44.3 Å². The molecule has 1 aromatic heterocycles. The van der Waals surface area contributed by atoms with Gasteiger partial charge in [0, 0.05) is 25.2 Å². The Morgan fingerprint density at radius 1 is 1.28 bits per heavy atom. The lowest BCUT2D eigenvalue weighted by Crippen LogP contribution is -3.13. The Kier molecular flexibility index (Phi) is 6.63. The largest absolute Gasteiger partial charge is 0.369 e. The normalized spacial score (nSPS) is 21.0. The van der Waals surface area contributed by atoms with Gasteiger partial charge in [-0.05, 0) is 29.5 Å². The van der Waals surface area contributed by atoms with Crippen LogP contribution in [-0.2, 0) is 20.5 Å². The van der Waals surface area contributed by atoms with Crippen molar-refractivity contribution in [2.45, 2.75) is 56.3 Å². The number of benzene rings is 1. The summed E-state index contributed by atoms with van der Waals surface area (Å²) in [7, 11) is -3.57. The molecule has 3 N–H and O–H groups in total. The minimum absolute atomic E-state index is 0.0166. The Bertz CT molecular complexity index is 933. The highest BCUT2D eigenvalue weighted by Crippen LogP contribution is 2.19. The number of aryl methyl sites for hydroxylation is 1. The molecule has 0 unspecified atom stereocenters. The van der Waals surface area contributed by atoms with Crippen LogP contribution in [0.2, 0.25) is 0 Å². The summed E-state index contributed by atoms with van der Waals surface area (Å²) in [5.41, 5.74) is 6.45. The fourth-order valence-electron chi connectivity index (χ4n) is 3.96. The second kappa shape index (κ2) is 9.00. The number of piperidine rings is 1. The van der Waals surface area contributed by atoms with Gasteiger partial charge in [-0.25, -0.2) is 13.1 Å². The lowest BCUT2D eigenvalue weighted by molar-refractivity contribution is -0.938. The number of likely N-dealkylation sites (tertiary alicyclic amines) is 1. The molecule has 0 aliphatic carbocycles. The summed E-state index contributed by atoms with van der Waals surface area (Å²) in [6.07, 6.45) is 3.22. The van der Waals surface area contributed by atoms with Crippen LogP contribution in [0.15, 0.2) is 29.2 Å². The van der Waals surface area contributed by atoms with Crippen LogP contribution in [0.4, 0.5) is 0 Å². The molecule has 2 aromatic rings. The molecular formula is C19H29N6O3S+. The number of aromatic nitrogens is 4. The number of nitrogens with zero attached hydrogens (tertiary/aromatic N) is 4. The molecule has 1 atom stereocenters. The van der Waals surface area contributed by atoms with Gasteiger partial charge in [-0.3, -0.25) is 4.79 Å². The maximum atomic E-state index is 12.9. The van der Waals surface area contributed by atoms with Crippen LogP contribution in [0.25, 0.3) is 0 Å². The van der Waals surface area contributed by atoms with Gasteiger partial charge in [-0.15, -0.1) is 5.10 Å². The topological polar surface area (TPSA) is 125 Å². The summed E-state index contributed by atoms with van der Waals surface area (Å²) in [5, 5.41) is 11.9. The second-order valence-electron chi connectivity index (χ2n) is 7.77. The molecule has 1 saturated heterocycles. The smallest absolute Gasteiger partial charge is 0.220 e. The number of tetrazole rings is 1. The number of sulfone groups is 1. The zero-order chi connectivity index (χ0) is 21.0. The number of primary amides is 1. The molecule has 0 spiro atoms. The lowest BCUT2D eigenvalue weighted by atomic mass is 9.94. The number of amides is 1. The van der Waals surface area contributed by atoms with Crippen molar-refractivity contribution in [2.24, 2.45) is 11.7 Å². The third-order valence-corrected chi connectivity index (χ3v) is 7.22. The van der Waals surface area contributed by atoms with Crippen molar-refractivity contribution in [1.29, 1.82) is 0 Å². The fraction of sp³-hybridized carbons (Fsp3) is 0.579. The van der Waals surface area contributed by atoms with E-state index in [-0.39, 0.29) is 28.6 Å². The quantitative estimate of drug-likeness (QED) is 0.620. The molecule has 1 fully saturated rings. The van der Waals surface area contributed by atoms with Crippen molar-refractivity contribution >= 4 is 15.7 Å². The molecule has 1 aliphatic heterocycles. The highest BCUT2D eigenvalue weighted by molar-refractivity contribution is 7.90. The average Bonchev–Trinajstić information content (AvgIpc) is 3.13. The molecule has 10 heteroatoms. The number of carbonyl (C=O) groups is 1. The van der Waals surface area contributed by atoms with Crippen LogP contribution in [0.3, 0.4) is 0 Å².